The zero-order valence-corrected chi connectivity index (χ0v) is 10.8. The van der Waals surface area contributed by atoms with Crippen molar-refractivity contribution < 1.29 is 15.0 Å². The maximum atomic E-state index is 11.0. The summed E-state index contributed by atoms with van der Waals surface area (Å²) < 4.78 is 0. The van der Waals surface area contributed by atoms with Gasteiger partial charge in [-0.1, -0.05) is 18.5 Å². The van der Waals surface area contributed by atoms with Crippen molar-refractivity contribution >= 4 is 23.4 Å². The number of aliphatic hydroxyl groups is 1. The van der Waals surface area contributed by atoms with Crippen LogP contribution in [0.25, 0.3) is 0 Å². The minimum absolute atomic E-state index is 0.0256. The normalized spacial score (nSPS) is 23.4. The lowest BCUT2D eigenvalue weighted by molar-refractivity contribution is 0.0697. The quantitative estimate of drug-likeness (QED) is 0.817. The summed E-state index contributed by atoms with van der Waals surface area (Å²) in [5.74, 6) is -0.166. The van der Waals surface area contributed by atoms with Crippen LogP contribution in [0, 0.1) is 5.92 Å². The van der Waals surface area contributed by atoms with E-state index >= 15 is 0 Å². The van der Waals surface area contributed by atoms with Gasteiger partial charge < -0.3 is 15.1 Å². The van der Waals surface area contributed by atoms with Gasteiger partial charge in [-0.05, 0) is 24.5 Å². The Morgan fingerprint density at radius 3 is 2.94 bits per heavy atom. The number of aliphatic hydroxyl groups excluding tert-OH is 1. The van der Waals surface area contributed by atoms with E-state index in [2.05, 4.69) is 11.9 Å². The van der Waals surface area contributed by atoms with Gasteiger partial charge in [-0.2, -0.15) is 0 Å². The lowest BCUT2D eigenvalue weighted by Gasteiger charge is -2.26. The first-order valence-electron chi connectivity index (χ1n) is 5.81. The van der Waals surface area contributed by atoms with Crippen molar-refractivity contribution in [2.75, 3.05) is 18.1 Å². The minimum Gasteiger partial charge on any atom is -0.478 e. The van der Waals surface area contributed by atoms with Crippen LogP contribution < -0.4 is 4.90 Å². The molecule has 0 aliphatic carbocycles. The van der Waals surface area contributed by atoms with Gasteiger partial charge in [-0.3, -0.25) is 0 Å². The fourth-order valence-electron chi connectivity index (χ4n) is 2.32. The average Bonchev–Trinajstić information content (AvgIpc) is 2.69. The van der Waals surface area contributed by atoms with E-state index in [1.807, 2.05) is 4.90 Å². The fourth-order valence-corrected chi connectivity index (χ4v) is 2.53. The highest BCUT2D eigenvalue weighted by Crippen LogP contribution is 2.29. The Balaban J connectivity index is 2.36. The number of pyridine rings is 1. The topological polar surface area (TPSA) is 73.7 Å². The van der Waals surface area contributed by atoms with Crippen molar-refractivity contribution in [1.82, 2.24) is 4.98 Å². The molecule has 0 amide bonds. The van der Waals surface area contributed by atoms with Gasteiger partial charge in [0.15, 0.2) is 0 Å². The number of aromatic nitrogens is 1. The fraction of sp³-hybridized carbons (Fsp3) is 0.500. The molecule has 0 saturated carbocycles. The highest BCUT2D eigenvalue weighted by molar-refractivity contribution is 6.29. The van der Waals surface area contributed by atoms with Gasteiger partial charge in [0.25, 0.3) is 0 Å². The monoisotopic (exact) mass is 270 g/mol. The van der Waals surface area contributed by atoms with E-state index in [-0.39, 0.29) is 23.4 Å². The van der Waals surface area contributed by atoms with E-state index in [1.165, 1.54) is 12.1 Å². The van der Waals surface area contributed by atoms with Gasteiger partial charge in [0.1, 0.15) is 11.0 Å². The Morgan fingerprint density at radius 2 is 2.33 bits per heavy atom. The summed E-state index contributed by atoms with van der Waals surface area (Å²) >= 11 is 5.84. The molecule has 1 saturated heterocycles. The third-order valence-corrected chi connectivity index (χ3v) is 3.58. The number of carboxylic acids is 1. The molecule has 1 fully saturated rings. The lowest BCUT2D eigenvalue weighted by atomic mass is 10.0. The van der Waals surface area contributed by atoms with Gasteiger partial charge in [0.05, 0.1) is 18.2 Å². The van der Waals surface area contributed by atoms with Gasteiger partial charge in [0.2, 0.25) is 0 Å². The average molecular weight is 271 g/mol. The van der Waals surface area contributed by atoms with Crippen LogP contribution in [-0.4, -0.2) is 40.4 Å². The Morgan fingerprint density at radius 1 is 1.61 bits per heavy atom. The number of aromatic carboxylic acids is 1. The highest BCUT2D eigenvalue weighted by Gasteiger charge is 2.31. The lowest BCUT2D eigenvalue weighted by Crippen LogP contribution is -2.35. The van der Waals surface area contributed by atoms with Gasteiger partial charge >= 0.3 is 5.97 Å². The summed E-state index contributed by atoms with van der Waals surface area (Å²) in [5, 5.41) is 18.5. The van der Waals surface area contributed by atoms with Crippen LogP contribution in [0.3, 0.4) is 0 Å². The van der Waals surface area contributed by atoms with Crippen molar-refractivity contribution in [1.29, 1.82) is 0 Å². The molecular weight excluding hydrogens is 256 g/mol. The predicted molar refractivity (Wildman–Crippen MR) is 68.2 cm³/mol. The molecule has 2 heterocycles. The van der Waals surface area contributed by atoms with Crippen molar-refractivity contribution in [2.45, 2.75) is 19.4 Å². The molecule has 2 unspecified atom stereocenters. The molecule has 5 nitrogen and oxygen atoms in total. The van der Waals surface area contributed by atoms with Crippen LogP contribution in [-0.2, 0) is 0 Å². The summed E-state index contributed by atoms with van der Waals surface area (Å²) in [6.45, 7) is 2.83. The van der Waals surface area contributed by atoms with Gasteiger partial charge in [-0.15, -0.1) is 0 Å². The number of hydrogen-bond donors (Lipinski definition) is 2. The Kier molecular flexibility index (Phi) is 3.73. The van der Waals surface area contributed by atoms with E-state index < -0.39 is 5.97 Å². The third kappa shape index (κ3) is 2.42. The first kappa shape index (κ1) is 13.1. The Hall–Kier alpha value is -1.33. The number of nitrogens with zero attached hydrogens (tertiary/aromatic N) is 2. The van der Waals surface area contributed by atoms with Crippen LogP contribution >= 0.6 is 11.6 Å². The number of carbonyl (C=O) groups is 1. The second-order valence-corrected chi connectivity index (χ2v) is 4.94. The summed E-state index contributed by atoms with van der Waals surface area (Å²) in [6.07, 6.45) is 0.946. The van der Waals surface area contributed by atoms with Crippen LogP contribution in [0.5, 0.6) is 0 Å². The second kappa shape index (κ2) is 5.12. The molecule has 18 heavy (non-hydrogen) atoms. The molecule has 1 aliphatic rings. The Labute approximate surface area is 110 Å². The maximum Gasteiger partial charge on any atom is 0.335 e. The van der Waals surface area contributed by atoms with E-state index in [1.54, 1.807) is 0 Å². The minimum atomic E-state index is -1.03. The molecule has 0 spiro atoms. The zero-order chi connectivity index (χ0) is 13.3. The van der Waals surface area contributed by atoms with E-state index in [9.17, 15) is 9.90 Å². The summed E-state index contributed by atoms with van der Waals surface area (Å²) in [5.41, 5.74) is 0.112. The highest BCUT2D eigenvalue weighted by atomic mass is 35.5. The smallest absolute Gasteiger partial charge is 0.335 e. The van der Waals surface area contributed by atoms with E-state index in [4.69, 9.17) is 16.7 Å². The third-order valence-electron chi connectivity index (χ3n) is 3.39. The molecule has 1 aliphatic heterocycles. The van der Waals surface area contributed by atoms with Crippen LogP contribution in [0.15, 0.2) is 12.1 Å². The van der Waals surface area contributed by atoms with Crippen LogP contribution in [0.1, 0.15) is 23.7 Å². The number of rotatable bonds is 3. The zero-order valence-electron chi connectivity index (χ0n) is 10.0. The molecule has 0 radical (unpaired) electrons. The molecule has 2 atom stereocenters. The summed E-state index contributed by atoms with van der Waals surface area (Å²) in [6, 6.07) is 2.79. The largest absolute Gasteiger partial charge is 0.478 e. The summed E-state index contributed by atoms with van der Waals surface area (Å²) in [7, 11) is 0. The molecule has 98 valence electrons. The van der Waals surface area contributed by atoms with Gasteiger partial charge in [0, 0.05) is 6.54 Å². The second-order valence-electron chi connectivity index (χ2n) is 4.55. The molecule has 6 heteroatoms. The number of carboxylic acid groups (broad SMARTS) is 1. The molecule has 2 rings (SSSR count). The summed E-state index contributed by atoms with van der Waals surface area (Å²) in [4.78, 5) is 17.0. The first-order chi connectivity index (χ1) is 8.52. The van der Waals surface area contributed by atoms with Crippen LogP contribution in [0.2, 0.25) is 5.15 Å². The number of hydrogen-bond acceptors (Lipinski definition) is 4. The first-order valence-corrected chi connectivity index (χ1v) is 6.19. The maximum absolute atomic E-state index is 11.0. The van der Waals surface area contributed by atoms with Crippen molar-refractivity contribution in [3.05, 3.63) is 22.8 Å². The Bertz CT molecular complexity index is 467. The van der Waals surface area contributed by atoms with Crippen LogP contribution in [0.4, 0.5) is 5.82 Å². The van der Waals surface area contributed by atoms with Crippen molar-refractivity contribution in [3.8, 4) is 0 Å². The molecule has 2 N–H and O–H groups in total. The van der Waals surface area contributed by atoms with Gasteiger partial charge in [-0.25, -0.2) is 9.78 Å². The predicted octanol–water partition coefficient (Wildman–Crippen LogP) is 1.64. The molecule has 0 bridgehead atoms. The van der Waals surface area contributed by atoms with Crippen molar-refractivity contribution in [3.63, 3.8) is 0 Å². The van der Waals surface area contributed by atoms with E-state index in [0.29, 0.717) is 11.7 Å². The molecule has 1 aromatic rings. The number of anilines is 1. The SMILES string of the molecule is CC1CCN(c2cc(C(=O)O)cc(Cl)n2)C1CO. The molecule has 1 aromatic heterocycles. The molecular formula is C12H15ClN2O3. The van der Waals surface area contributed by atoms with E-state index in [0.717, 1.165) is 13.0 Å². The molecule has 0 aromatic carbocycles. The number of halogens is 1. The standard InChI is InChI=1S/C12H15ClN2O3/c1-7-2-3-15(9(7)6-16)11-5-8(12(17)18)4-10(13)14-11/h4-5,7,9,16H,2-3,6H2,1H3,(H,17,18). The van der Waals surface area contributed by atoms with Crippen molar-refractivity contribution in [2.24, 2.45) is 5.92 Å².